The van der Waals surface area contributed by atoms with Crippen molar-refractivity contribution in [1.29, 1.82) is 0 Å². The summed E-state index contributed by atoms with van der Waals surface area (Å²) >= 11 is 1.97. The van der Waals surface area contributed by atoms with Gasteiger partial charge in [-0.15, -0.1) is 11.8 Å². The van der Waals surface area contributed by atoms with Crippen LogP contribution in [-0.2, 0) is 6.54 Å². The molecule has 1 atom stereocenters. The highest BCUT2D eigenvalue weighted by atomic mass is 32.2. The van der Waals surface area contributed by atoms with Crippen molar-refractivity contribution in [1.82, 2.24) is 5.32 Å². The normalized spacial score (nSPS) is 12.6. The predicted octanol–water partition coefficient (Wildman–Crippen LogP) is 4.32. The summed E-state index contributed by atoms with van der Waals surface area (Å²) in [5.41, 5.74) is 1.38. The quantitative estimate of drug-likeness (QED) is 0.545. The van der Waals surface area contributed by atoms with E-state index in [0.717, 1.165) is 19.0 Å². The van der Waals surface area contributed by atoms with Crippen molar-refractivity contribution in [3.8, 4) is 0 Å². The van der Waals surface area contributed by atoms with Gasteiger partial charge in [0.15, 0.2) is 0 Å². The molecule has 0 spiro atoms. The minimum atomic E-state index is 0.811. The summed E-state index contributed by atoms with van der Waals surface area (Å²) in [4.78, 5) is 1.39. The molecule has 2 heteroatoms. The molecule has 0 heterocycles. The molecule has 0 aliphatic carbocycles. The van der Waals surface area contributed by atoms with Crippen LogP contribution >= 0.6 is 11.8 Å². The zero-order valence-electron chi connectivity index (χ0n) is 11.3. The monoisotopic (exact) mass is 251 g/mol. The van der Waals surface area contributed by atoms with Gasteiger partial charge in [0.2, 0.25) is 0 Å². The smallest absolute Gasteiger partial charge is 0.0205 e. The van der Waals surface area contributed by atoms with Crippen molar-refractivity contribution in [3.05, 3.63) is 29.8 Å². The van der Waals surface area contributed by atoms with Gasteiger partial charge < -0.3 is 5.32 Å². The first kappa shape index (κ1) is 14.6. The Kier molecular flexibility index (Phi) is 7.38. The minimum absolute atomic E-state index is 0.811. The Morgan fingerprint density at radius 2 is 1.88 bits per heavy atom. The maximum atomic E-state index is 3.42. The van der Waals surface area contributed by atoms with E-state index in [4.69, 9.17) is 0 Å². The molecule has 0 radical (unpaired) electrons. The number of nitrogens with one attached hydrogen (secondary N) is 1. The molecule has 1 N–H and O–H groups in total. The van der Waals surface area contributed by atoms with Crippen LogP contribution in [0.25, 0.3) is 0 Å². The number of hydrogen-bond acceptors (Lipinski definition) is 2. The standard InChI is InChI=1S/C15H25NS/c1-4-10-16-11-14-6-8-15(9-7-14)17-12-13(3)5-2/h6-9,13,16H,4-5,10-12H2,1-3H3. The van der Waals surface area contributed by atoms with Gasteiger partial charge in [0.25, 0.3) is 0 Å². The summed E-state index contributed by atoms with van der Waals surface area (Å²) < 4.78 is 0. The SMILES string of the molecule is CCCNCc1ccc(SCC(C)CC)cc1. The van der Waals surface area contributed by atoms with Crippen LogP contribution in [0.15, 0.2) is 29.2 Å². The Balaban J connectivity index is 2.34. The molecular weight excluding hydrogens is 226 g/mol. The molecular formula is C15H25NS. The van der Waals surface area contributed by atoms with Crippen molar-refractivity contribution in [2.45, 2.75) is 45.1 Å². The third-order valence-corrected chi connectivity index (χ3v) is 4.25. The van der Waals surface area contributed by atoms with Crippen LogP contribution in [0.3, 0.4) is 0 Å². The Hall–Kier alpha value is -0.470. The molecule has 0 saturated heterocycles. The molecule has 0 amide bonds. The summed E-state index contributed by atoms with van der Waals surface area (Å²) in [6, 6.07) is 8.97. The van der Waals surface area contributed by atoms with E-state index in [2.05, 4.69) is 50.4 Å². The fourth-order valence-corrected chi connectivity index (χ4v) is 2.51. The topological polar surface area (TPSA) is 12.0 Å². The number of rotatable bonds is 8. The van der Waals surface area contributed by atoms with Gasteiger partial charge in [0.1, 0.15) is 0 Å². The lowest BCUT2D eigenvalue weighted by atomic mass is 10.2. The van der Waals surface area contributed by atoms with Crippen LogP contribution < -0.4 is 5.32 Å². The van der Waals surface area contributed by atoms with Crippen molar-refractivity contribution >= 4 is 11.8 Å². The molecule has 0 fully saturated rings. The van der Waals surface area contributed by atoms with Crippen LogP contribution in [-0.4, -0.2) is 12.3 Å². The maximum absolute atomic E-state index is 3.42. The van der Waals surface area contributed by atoms with Gasteiger partial charge in [0.05, 0.1) is 0 Å². The van der Waals surface area contributed by atoms with E-state index >= 15 is 0 Å². The van der Waals surface area contributed by atoms with E-state index in [9.17, 15) is 0 Å². The van der Waals surface area contributed by atoms with Gasteiger partial charge in [-0.1, -0.05) is 39.3 Å². The zero-order valence-corrected chi connectivity index (χ0v) is 12.1. The second kappa shape index (κ2) is 8.60. The van der Waals surface area contributed by atoms with Crippen LogP contribution in [0.5, 0.6) is 0 Å². The number of thioether (sulfide) groups is 1. The number of hydrogen-bond donors (Lipinski definition) is 1. The lowest BCUT2D eigenvalue weighted by Crippen LogP contribution is -2.13. The van der Waals surface area contributed by atoms with Crippen molar-refractivity contribution in [3.63, 3.8) is 0 Å². The minimum Gasteiger partial charge on any atom is -0.313 e. The third kappa shape index (κ3) is 6.13. The van der Waals surface area contributed by atoms with Gasteiger partial charge in [-0.2, -0.15) is 0 Å². The molecule has 0 aliphatic rings. The summed E-state index contributed by atoms with van der Waals surface area (Å²) in [5.74, 6) is 2.04. The Labute approximate surface area is 110 Å². The number of benzene rings is 1. The van der Waals surface area contributed by atoms with Gasteiger partial charge in [-0.25, -0.2) is 0 Å². The summed E-state index contributed by atoms with van der Waals surface area (Å²) in [7, 11) is 0. The Morgan fingerprint density at radius 1 is 1.18 bits per heavy atom. The first-order valence-corrected chi connectivity index (χ1v) is 7.67. The zero-order chi connectivity index (χ0) is 12.5. The first-order chi connectivity index (χ1) is 8.26. The highest BCUT2D eigenvalue weighted by Crippen LogP contribution is 2.22. The van der Waals surface area contributed by atoms with E-state index in [0.29, 0.717) is 0 Å². The van der Waals surface area contributed by atoms with Gasteiger partial charge >= 0.3 is 0 Å². The summed E-state index contributed by atoms with van der Waals surface area (Å²) in [6.07, 6.45) is 2.47. The van der Waals surface area contributed by atoms with Crippen LogP contribution in [0.2, 0.25) is 0 Å². The van der Waals surface area contributed by atoms with E-state index in [1.165, 1.54) is 29.1 Å². The molecule has 0 bridgehead atoms. The Bertz CT molecular complexity index is 294. The van der Waals surface area contributed by atoms with E-state index in [1.54, 1.807) is 0 Å². The average Bonchev–Trinajstić information content (AvgIpc) is 2.37. The predicted molar refractivity (Wildman–Crippen MR) is 78.6 cm³/mol. The maximum Gasteiger partial charge on any atom is 0.0205 e. The highest BCUT2D eigenvalue weighted by Gasteiger charge is 2.00. The molecule has 0 aromatic heterocycles. The Morgan fingerprint density at radius 3 is 2.47 bits per heavy atom. The van der Waals surface area contributed by atoms with Crippen molar-refractivity contribution in [2.75, 3.05) is 12.3 Å². The highest BCUT2D eigenvalue weighted by molar-refractivity contribution is 7.99. The largest absolute Gasteiger partial charge is 0.313 e. The lowest BCUT2D eigenvalue weighted by molar-refractivity contribution is 0.637. The van der Waals surface area contributed by atoms with Crippen molar-refractivity contribution in [2.24, 2.45) is 5.92 Å². The van der Waals surface area contributed by atoms with Crippen LogP contribution in [0.1, 0.15) is 39.2 Å². The van der Waals surface area contributed by atoms with E-state index in [-0.39, 0.29) is 0 Å². The third-order valence-electron chi connectivity index (χ3n) is 2.91. The second-order valence-electron chi connectivity index (χ2n) is 4.65. The molecule has 1 aromatic carbocycles. The molecule has 1 aromatic rings. The van der Waals surface area contributed by atoms with Crippen molar-refractivity contribution < 1.29 is 0 Å². The average molecular weight is 251 g/mol. The summed E-state index contributed by atoms with van der Waals surface area (Å²) in [6.45, 7) is 8.86. The molecule has 1 nitrogen and oxygen atoms in total. The van der Waals surface area contributed by atoms with Gasteiger partial charge in [-0.3, -0.25) is 0 Å². The molecule has 96 valence electrons. The first-order valence-electron chi connectivity index (χ1n) is 6.68. The van der Waals surface area contributed by atoms with Crippen LogP contribution in [0.4, 0.5) is 0 Å². The molecule has 1 rings (SSSR count). The summed E-state index contributed by atoms with van der Waals surface area (Å²) in [5, 5.41) is 3.42. The fraction of sp³-hybridized carbons (Fsp3) is 0.600. The second-order valence-corrected chi connectivity index (χ2v) is 5.74. The molecule has 0 aliphatic heterocycles. The van der Waals surface area contributed by atoms with Crippen LogP contribution in [0, 0.1) is 5.92 Å². The molecule has 17 heavy (non-hydrogen) atoms. The van der Waals surface area contributed by atoms with E-state index in [1.807, 2.05) is 11.8 Å². The van der Waals surface area contributed by atoms with E-state index < -0.39 is 0 Å². The van der Waals surface area contributed by atoms with Gasteiger partial charge in [0, 0.05) is 17.2 Å². The van der Waals surface area contributed by atoms with Gasteiger partial charge in [-0.05, 0) is 36.6 Å². The molecule has 1 unspecified atom stereocenters. The lowest BCUT2D eigenvalue weighted by Gasteiger charge is -2.08. The molecule has 0 saturated carbocycles. The fourth-order valence-electron chi connectivity index (χ4n) is 1.47.